The third-order valence-electron chi connectivity index (χ3n) is 11.0. The number of aromatic hydroxyl groups is 1. The van der Waals surface area contributed by atoms with E-state index >= 15 is 8.78 Å². The van der Waals surface area contributed by atoms with Crippen LogP contribution in [0.2, 0.25) is 0 Å². The van der Waals surface area contributed by atoms with Crippen LogP contribution >= 0.6 is 0 Å². The number of amides is 1. The summed E-state index contributed by atoms with van der Waals surface area (Å²) in [5.74, 6) is 1.17. The lowest BCUT2D eigenvalue weighted by atomic mass is 9.95. The van der Waals surface area contributed by atoms with E-state index in [9.17, 15) is 14.3 Å². The van der Waals surface area contributed by atoms with Crippen molar-refractivity contribution in [3.8, 4) is 35.4 Å². The maximum Gasteiger partial charge on any atom is 0.319 e. The summed E-state index contributed by atoms with van der Waals surface area (Å²) in [4.78, 5) is 32.1. The number of terminal acetylenes is 1. The number of likely N-dealkylation sites (N-methyl/N-ethyl adjacent to an activating group) is 1. The van der Waals surface area contributed by atoms with E-state index in [2.05, 4.69) is 27.4 Å². The molecule has 4 aromatic rings. The molecule has 0 aliphatic carbocycles. The molecule has 3 aliphatic heterocycles. The second kappa shape index (κ2) is 14.8. The number of fused-ring (bicyclic) bond motifs is 2. The molecule has 53 heavy (non-hydrogen) atoms. The van der Waals surface area contributed by atoms with Gasteiger partial charge in [-0.1, -0.05) is 18.6 Å². The minimum atomic E-state index is -1.03. The molecule has 3 atom stereocenters. The van der Waals surface area contributed by atoms with Gasteiger partial charge in [0.05, 0.1) is 16.5 Å². The van der Waals surface area contributed by atoms with Crippen LogP contribution in [0.3, 0.4) is 0 Å². The van der Waals surface area contributed by atoms with E-state index < -0.39 is 23.3 Å². The fourth-order valence-corrected chi connectivity index (χ4v) is 8.19. The quantitative estimate of drug-likeness (QED) is 0.155. The van der Waals surface area contributed by atoms with E-state index in [4.69, 9.17) is 20.9 Å². The Morgan fingerprint density at radius 2 is 2.04 bits per heavy atom. The van der Waals surface area contributed by atoms with Crippen molar-refractivity contribution in [3.05, 3.63) is 60.3 Å². The number of alkyl halides is 1. The number of phenolic OH excluding ortho intramolecular Hbond substituents is 1. The van der Waals surface area contributed by atoms with Gasteiger partial charge in [0.1, 0.15) is 41.4 Å². The van der Waals surface area contributed by atoms with Crippen LogP contribution in [0.15, 0.2) is 43.1 Å². The summed E-state index contributed by atoms with van der Waals surface area (Å²) in [7, 11) is 1.79. The number of nitrogens with zero attached hydrogens (tertiary/aromatic N) is 6. The van der Waals surface area contributed by atoms with Crippen LogP contribution < -0.4 is 9.64 Å². The van der Waals surface area contributed by atoms with Crippen molar-refractivity contribution in [2.24, 2.45) is 5.92 Å². The molecule has 3 saturated heterocycles. The molecule has 2 aromatic carbocycles. The predicted octanol–water partition coefficient (Wildman–Crippen LogP) is 6.03. The molecule has 0 spiro atoms. The zero-order chi connectivity index (χ0) is 37.4. The average molecular weight is 729 g/mol. The molecular formula is C40H43F3N6O4. The first-order chi connectivity index (χ1) is 25.5. The third-order valence-corrected chi connectivity index (χ3v) is 11.0. The van der Waals surface area contributed by atoms with Gasteiger partial charge in [-0.25, -0.2) is 13.2 Å². The number of anilines is 1. The number of aromatic nitrogens is 3. The van der Waals surface area contributed by atoms with E-state index in [0.717, 1.165) is 25.7 Å². The number of carbonyl (C=O) groups excluding carboxylic acids is 1. The lowest BCUT2D eigenvalue weighted by Gasteiger charge is -2.37. The van der Waals surface area contributed by atoms with Crippen LogP contribution in [0.4, 0.5) is 19.0 Å². The van der Waals surface area contributed by atoms with Crippen LogP contribution in [-0.2, 0) is 9.53 Å². The number of carbonyl (C=O) groups is 1. The normalized spacial score (nSPS) is 22.4. The van der Waals surface area contributed by atoms with Crippen LogP contribution in [0.5, 0.6) is 11.8 Å². The topological polar surface area (TPSA) is 104 Å². The van der Waals surface area contributed by atoms with Crippen molar-refractivity contribution in [2.45, 2.75) is 56.8 Å². The fourth-order valence-electron chi connectivity index (χ4n) is 8.19. The number of hydrogen-bond donors (Lipinski definition) is 1. The molecule has 3 fully saturated rings. The smallest absolute Gasteiger partial charge is 0.319 e. The first kappa shape index (κ1) is 36.4. The van der Waals surface area contributed by atoms with Gasteiger partial charge < -0.3 is 24.4 Å². The zero-order valence-corrected chi connectivity index (χ0v) is 30.0. The molecule has 0 saturated carbocycles. The number of rotatable bonds is 10. The zero-order valence-electron chi connectivity index (χ0n) is 30.0. The van der Waals surface area contributed by atoms with Gasteiger partial charge >= 0.3 is 6.01 Å². The highest BCUT2D eigenvalue weighted by molar-refractivity contribution is 6.03. The van der Waals surface area contributed by atoms with E-state index in [-0.39, 0.29) is 76.4 Å². The second-order valence-electron chi connectivity index (χ2n) is 14.6. The standard InChI is InChI=1S/C40H43F3N6O4/c1-5-29-32(42)10-9-25-16-28(50)17-30(34(25)29)36-35(43)37-31(19-44-36)38(47(4)22-27-8-7-13-49(27)33(51)6-2)46-39(45-37)53-23-40(3)18-26(41)21-48(40)20-24-11-14-52-15-12-24/h1,6,9-10,16-17,19,24,26-27,50H,2,7-8,11-15,18,20-23H2,3-4H3/t26-,27+,40+/m1/s1. The van der Waals surface area contributed by atoms with E-state index in [1.54, 1.807) is 11.9 Å². The molecule has 0 bridgehead atoms. The molecule has 3 aliphatic rings. The first-order valence-corrected chi connectivity index (χ1v) is 18.0. The minimum absolute atomic E-state index is 0.0527. The molecule has 0 radical (unpaired) electrons. The van der Waals surface area contributed by atoms with Gasteiger partial charge in [-0.05, 0) is 68.2 Å². The highest BCUT2D eigenvalue weighted by Crippen LogP contribution is 2.39. The SMILES string of the molecule is C#Cc1c(F)ccc2cc(O)cc(-c3ncc4c(N(C)C[C@@H]5CCCN5C(=O)C=C)nc(OC[C@]5(C)C[C@@H](F)CN5CC5CCOCC5)nc4c3F)c12. The molecule has 13 heteroatoms. The Morgan fingerprint density at radius 3 is 2.79 bits per heavy atom. The Balaban J connectivity index is 1.30. The summed E-state index contributed by atoms with van der Waals surface area (Å²) in [6.07, 6.45) is 11.1. The minimum Gasteiger partial charge on any atom is -0.508 e. The highest BCUT2D eigenvalue weighted by atomic mass is 19.1. The van der Waals surface area contributed by atoms with E-state index in [1.807, 2.05) is 11.8 Å². The van der Waals surface area contributed by atoms with Gasteiger partial charge in [0.15, 0.2) is 5.82 Å². The Labute approximate surface area is 306 Å². The molecule has 7 rings (SSSR count). The molecule has 1 amide bonds. The van der Waals surface area contributed by atoms with E-state index in [0.29, 0.717) is 50.0 Å². The Kier molecular flexibility index (Phi) is 10.2. The van der Waals surface area contributed by atoms with Crippen molar-refractivity contribution in [2.75, 3.05) is 57.9 Å². The summed E-state index contributed by atoms with van der Waals surface area (Å²) in [5.41, 5.74) is -1.01. The summed E-state index contributed by atoms with van der Waals surface area (Å²) < 4.78 is 58.8. The van der Waals surface area contributed by atoms with E-state index in [1.165, 1.54) is 36.5 Å². The number of pyridine rings is 1. The van der Waals surface area contributed by atoms with Crippen LogP contribution in [0.1, 0.15) is 44.6 Å². The summed E-state index contributed by atoms with van der Waals surface area (Å²) in [5, 5.41) is 11.5. The lowest BCUT2D eigenvalue weighted by Crippen LogP contribution is -2.48. The fraction of sp³-hybridized carbons (Fsp3) is 0.450. The summed E-state index contributed by atoms with van der Waals surface area (Å²) in [6.45, 7) is 8.99. The molecule has 278 valence electrons. The monoisotopic (exact) mass is 728 g/mol. The first-order valence-electron chi connectivity index (χ1n) is 18.0. The van der Waals surface area contributed by atoms with Gasteiger partial charge in [0, 0.05) is 76.0 Å². The largest absolute Gasteiger partial charge is 0.508 e. The number of likely N-dealkylation sites (tertiary alicyclic amines) is 2. The van der Waals surface area contributed by atoms with Crippen LogP contribution in [0, 0.1) is 29.9 Å². The van der Waals surface area contributed by atoms with Crippen molar-refractivity contribution in [3.63, 3.8) is 0 Å². The lowest BCUT2D eigenvalue weighted by molar-refractivity contribution is -0.126. The van der Waals surface area contributed by atoms with Gasteiger partial charge in [-0.2, -0.15) is 9.97 Å². The van der Waals surface area contributed by atoms with Crippen molar-refractivity contribution >= 4 is 33.4 Å². The van der Waals surface area contributed by atoms with Gasteiger partial charge in [0.2, 0.25) is 5.91 Å². The molecule has 0 unspecified atom stereocenters. The number of halogens is 3. The molecule has 10 nitrogen and oxygen atoms in total. The summed E-state index contributed by atoms with van der Waals surface area (Å²) >= 11 is 0. The molecular weight excluding hydrogens is 685 g/mol. The number of ether oxygens (including phenoxy) is 2. The van der Waals surface area contributed by atoms with Gasteiger partial charge in [-0.3, -0.25) is 14.7 Å². The van der Waals surface area contributed by atoms with Gasteiger partial charge in [-0.15, -0.1) is 6.42 Å². The summed E-state index contributed by atoms with van der Waals surface area (Å²) in [6, 6.07) is 5.09. The Bertz CT molecular complexity index is 2100. The number of phenols is 1. The second-order valence-corrected chi connectivity index (χ2v) is 14.6. The number of hydrogen-bond acceptors (Lipinski definition) is 9. The number of benzene rings is 2. The predicted molar refractivity (Wildman–Crippen MR) is 197 cm³/mol. The van der Waals surface area contributed by atoms with Gasteiger partial charge in [0.25, 0.3) is 0 Å². The molecule has 2 aromatic heterocycles. The highest BCUT2D eigenvalue weighted by Gasteiger charge is 2.44. The Morgan fingerprint density at radius 1 is 1.25 bits per heavy atom. The van der Waals surface area contributed by atoms with Crippen molar-refractivity contribution in [1.29, 1.82) is 0 Å². The van der Waals surface area contributed by atoms with Crippen LogP contribution in [0.25, 0.3) is 32.9 Å². The Hall–Kier alpha value is -4.93. The molecule has 1 N–H and O–H groups in total. The maximum atomic E-state index is 17.0. The third kappa shape index (κ3) is 7.10. The van der Waals surface area contributed by atoms with Crippen molar-refractivity contribution in [1.82, 2.24) is 24.8 Å². The van der Waals surface area contributed by atoms with Crippen LogP contribution in [-0.4, -0.2) is 107 Å². The molecule has 5 heterocycles. The maximum absolute atomic E-state index is 17.0. The van der Waals surface area contributed by atoms with Crippen molar-refractivity contribution < 1.29 is 32.5 Å². The average Bonchev–Trinajstić information content (AvgIpc) is 3.73.